The number of benzene rings is 2. The Hall–Kier alpha value is -2.43. The third-order valence-corrected chi connectivity index (χ3v) is 3.72. The van der Waals surface area contributed by atoms with Gasteiger partial charge in [0.15, 0.2) is 11.1 Å². The normalized spacial score (nSPS) is 11.6. The van der Waals surface area contributed by atoms with Gasteiger partial charge in [0.05, 0.1) is 23.7 Å². The maximum atomic E-state index is 11.0. The molecule has 0 bridgehead atoms. The van der Waals surface area contributed by atoms with Crippen molar-refractivity contribution >= 4 is 24.4 Å². The van der Waals surface area contributed by atoms with E-state index in [1.165, 1.54) is 24.6 Å². The number of carboxylic acid groups (broad SMARTS) is 2. The summed E-state index contributed by atoms with van der Waals surface area (Å²) in [6, 6.07) is 8.80. The minimum Gasteiger partial charge on any atom is -0.592 e. The molecule has 2 rings (SSSR count). The molecule has 0 aromatic heterocycles. The van der Waals surface area contributed by atoms with Gasteiger partial charge in [0.1, 0.15) is 0 Å². The van der Waals surface area contributed by atoms with E-state index in [9.17, 15) is 9.59 Å². The van der Waals surface area contributed by atoms with Crippen molar-refractivity contribution in [2.75, 3.05) is 6.54 Å². The predicted molar refractivity (Wildman–Crippen MR) is 102 cm³/mol. The molecule has 2 aromatic carbocycles. The average Bonchev–Trinajstić information content (AvgIpc) is 2.61. The standard InChI is InChI=1S/C19H18N2O6.2Zn/c1-11(21-10-13-5-3-7-15(17(13)23)19(26)27)8-20-9-12-4-2-6-14(16(12)22)18(24)25;;/h2-7,9-11,22-23H,8H2,1H3,(H,24,25)(H,26,27);;/p+2. The van der Waals surface area contributed by atoms with E-state index in [4.69, 9.17) is 20.4 Å². The number of carboxylic acids is 2. The minimum atomic E-state index is -1.16. The molecule has 0 spiro atoms. The fourth-order valence-electron chi connectivity index (χ4n) is 2.27. The van der Waals surface area contributed by atoms with Crippen LogP contribution < -0.4 is 0 Å². The van der Waals surface area contributed by atoms with Crippen LogP contribution in [0, 0.1) is 0 Å². The van der Waals surface area contributed by atoms with Gasteiger partial charge in [-0.3, -0.25) is 9.98 Å². The van der Waals surface area contributed by atoms with E-state index in [2.05, 4.69) is 9.98 Å². The molecule has 8 nitrogen and oxygen atoms in total. The second-order valence-electron chi connectivity index (χ2n) is 5.77. The number of rotatable bonds is 7. The molecule has 0 fully saturated rings. The fraction of sp³-hybridized carbons (Fsp3) is 0.158. The molecule has 144 valence electrons. The van der Waals surface area contributed by atoms with Crippen molar-refractivity contribution in [3.05, 3.63) is 58.7 Å². The van der Waals surface area contributed by atoms with E-state index < -0.39 is 11.9 Å². The SMILES string of the molecule is CC(CN=Cc1cccc(C(=O)O)c1[OH2+])N=Cc1cccc(C(=O)O)c1[OH2+].[Zn].[Zn]. The summed E-state index contributed by atoms with van der Waals surface area (Å²) in [5, 5.41) is 33.8. The Morgan fingerprint density at radius 1 is 0.931 bits per heavy atom. The first-order valence-electron chi connectivity index (χ1n) is 8.00. The molecule has 0 aliphatic rings. The van der Waals surface area contributed by atoms with Crippen LogP contribution in [0.4, 0.5) is 0 Å². The van der Waals surface area contributed by atoms with Crippen LogP contribution >= 0.6 is 0 Å². The summed E-state index contributed by atoms with van der Waals surface area (Å²) in [7, 11) is 0. The van der Waals surface area contributed by atoms with Crippen LogP contribution in [0.2, 0.25) is 0 Å². The topological polar surface area (TPSA) is 145 Å². The number of aliphatic imine (C=N–C) groups is 2. The maximum Gasteiger partial charge on any atom is 0.345 e. The van der Waals surface area contributed by atoms with Crippen LogP contribution in [0.15, 0.2) is 46.4 Å². The molecule has 0 saturated carbocycles. The van der Waals surface area contributed by atoms with Gasteiger partial charge in [-0.1, -0.05) is 12.1 Å². The molecule has 0 aliphatic heterocycles. The van der Waals surface area contributed by atoms with Gasteiger partial charge in [0.2, 0.25) is 0 Å². The van der Waals surface area contributed by atoms with Crippen molar-refractivity contribution in [3.8, 4) is 11.5 Å². The smallest absolute Gasteiger partial charge is 0.345 e. The summed E-state index contributed by atoms with van der Waals surface area (Å²) in [5.41, 5.74) is 0.610. The molecule has 1 atom stereocenters. The maximum absolute atomic E-state index is 11.0. The zero-order valence-corrected chi connectivity index (χ0v) is 21.9. The number of para-hydroxylation sites is 2. The zero-order chi connectivity index (χ0) is 20.0. The van der Waals surface area contributed by atoms with Gasteiger partial charge in [-0.25, -0.2) is 9.59 Å². The van der Waals surface area contributed by atoms with Crippen molar-refractivity contribution in [1.29, 1.82) is 0 Å². The average molecular weight is 503 g/mol. The monoisotopic (exact) mass is 500 g/mol. The Morgan fingerprint density at radius 3 is 1.83 bits per heavy atom. The van der Waals surface area contributed by atoms with E-state index in [1.54, 1.807) is 31.2 Å². The van der Waals surface area contributed by atoms with Crippen LogP contribution in [0.1, 0.15) is 38.8 Å². The number of nitrogens with zero attached hydrogens (tertiary/aromatic N) is 2. The van der Waals surface area contributed by atoms with E-state index >= 15 is 0 Å². The summed E-state index contributed by atoms with van der Waals surface area (Å²) in [5.74, 6) is -2.53. The van der Waals surface area contributed by atoms with Crippen molar-refractivity contribution in [1.82, 2.24) is 0 Å². The van der Waals surface area contributed by atoms with Crippen molar-refractivity contribution in [2.24, 2.45) is 9.98 Å². The minimum absolute atomic E-state index is 0. The molecule has 29 heavy (non-hydrogen) atoms. The van der Waals surface area contributed by atoms with E-state index in [0.29, 0.717) is 17.7 Å². The summed E-state index contributed by atoms with van der Waals surface area (Å²) in [6.07, 6.45) is 2.87. The summed E-state index contributed by atoms with van der Waals surface area (Å²) in [6.45, 7) is 2.09. The molecule has 0 heterocycles. The van der Waals surface area contributed by atoms with Crippen molar-refractivity contribution < 1.29 is 69.0 Å². The first-order valence-corrected chi connectivity index (χ1v) is 8.00. The van der Waals surface area contributed by atoms with E-state index in [-0.39, 0.29) is 67.6 Å². The Bertz CT molecular complexity index is 931. The fourth-order valence-corrected chi connectivity index (χ4v) is 2.27. The molecule has 10 heteroatoms. The summed E-state index contributed by atoms with van der Waals surface area (Å²) in [4.78, 5) is 30.5. The third-order valence-electron chi connectivity index (χ3n) is 3.72. The van der Waals surface area contributed by atoms with Crippen molar-refractivity contribution in [2.45, 2.75) is 13.0 Å². The number of carbonyl (C=O) groups is 2. The molecule has 0 amide bonds. The quantitative estimate of drug-likeness (QED) is 0.338. The van der Waals surface area contributed by atoms with E-state index in [1.807, 2.05) is 0 Å². The van der Waals surface area contributed by atoms with Crippen molar-refractivity contribution in [3.63, 3.8) is 0 Å². The Labute approximate surface area is 192 Å². The molecule has 1 unspecified atom stereocenters. The first kappa shape index (κ1) is 26.6. The molecule has 2 aromatic rings. The first-order chi connectivity index (χ1) is 12.8. The van der Waals surface area contributed by atoms with Crippen LogP contribution in [0.3, 0.4) is 0 Å². The van der Waals surface area contributed by atoms with Gasteiger partial charge in [-0.15, -0.1) is 0 Å². The van der Waals surface area contributed by atoms with Gasteiger partial charge >= 0.3 is 11.9 Å². The second kappa shape index (κ2) is 12.2. The largest absolute Gasteiger partial charge is 0.592 e. The van der Waals surface area contributed by atoms with Crippen LogP contribution in [-0.2, 0) is 39.0 Å². The van der Waals surface area contributed by atoms with Gasteiger partial charge < -0.3 is 20.4 Å². The molecule has 0 radical (unpaired) electrons. The van der Waals surface area contributed by atoms with Gasteiger partial charge in [-0.05, 0) is 31.2 Å². The number of hydrogen-bond donors (Lipinski definition) is 2. The molecule has 0 aliphatic carbocycles. The molecule has 6 N–H and O–H groups in total. The Morgan fingerprint density at radius 2 is 1.38 bits per heavy atom. The predicted octanol–water partition coefficient (Wildman–Crippen LogP) is 1.88. The zero-order valence-electron chi connectivity index (χ0n) is 15.9. The number of hydrogen-bond acceptors (Lipinski definition) is 4. The number of aromatic carboxylic acids is 2. The summed E-state index contributed by atoms with van der Waals surface area (Å²) >= 11 is 0. The third kappa shape index (κ3) is 7.15. The summed E-state index contributed by atoms with van der Waals surface area (Å²) < 4.78 is 0. The van der Waals surface area contributed by atoms with Crippen LogP contribution in [-0.4, -0.2) is 57.4 Å². The molecular formula is C19H20N2O6Zn2+2. The van der Waals surface area contributed by atoms with Gasteiger partial charge in [-0.2, -0.15) is 0 Å². The van der Waals surface area contributed by atoms with Crippen LogP contribution in [0.25, 0.3) is 0 Å². The van der Waals surface area contributed by atoms with Gasteiger partial charge in [0, 0.05) is 51.4 Å². The molecular weight excluding hydrogens is 483 g/mol. The van der Waals surface area contributed by atoms with Gasteiger partial charge in [0.25, 0.3) is 11.5 Å². The second-order valence-corrected chi connectivity index (χ2v) is 5.77. The Kier molecular flexibility index (Phi) is 11.2. The van der Waals surface area contributed by atoms with E-state index in [0.717, 1.165) is 0 Å². The van der Waals surface area contributed by atoms with Crippen LogP contribution in [0.5, 0.6) is 11.5 Å². The molecule has 0 saturated heterocycles. The Balaban J connectivity index is 0.00000392.